The van der Waals surface area contributed by atoms with Crippen molar-refractivity contribution in [3.63, 3.8) is 0 Å². The molecule has 0 fully saturated rings. The fourth-order valence-corrected chi connectivity index (χ4v) is 4.07. The van der Waals surface area contributed by atoms with E-state index in [4.69, 9.17) is 19.8 Å². The van der Waals surface area contributed by atoms with E-state index in [2.05, 4.69) is 15.6 Å². The molecule has 0 radical (unpaired) electrons. The molecule has 0 bridgehead atoms. The molecule has 9 heteroatoms. The first-order valence-electron chi connectivity index (χ1n) is 11.9. The fraction of sp³-hybridized carbons (Fsp3) is 0.179. The molecule has 2 heterocycles. The van der Waals surface area contributed by atoms with E-state index in [9.17, 15) is 9.59 Å². The van der Waals surface area contributed by atoms with Crippen LogP contribution in [0.4, 0.5) is 17.2 Å². The number of carbonyl (C=O) groups excluding carboxylic acids is 1. The average Bonchev–Trinajstić information content (AvgIpc) is 3.36. The van der Waals surface area contributed by atoms with Gasteiger partial charge in [0.25, 0.3) is 0 Å². The molecule has 186 valence electrons. The van der Waals surface area contributed by atoms with Crippen LogP contribution in [0, 0.1) is 0 Å². The van der Waals surface area contributed by atoms with Gasteiger partial charge in [0, 0.05) is 35.0 Å². The van der Waals surface area contributed by atoms with Crippen molar-refractivity contribution in [1.82, 2.24) is 9.97 Å². The minimum Gasteiger partial charge on any atom is -0.482 e. The minimum absolute atomic E-state index is 0.0459. The number of aromatic nitrogens is 2. The Morgan fingerprint density at radius 2 is 1.92 bits per heavy atom. The molecule has 0 unspecified atom stereocenters. The summed E-state index contributed by atoms with van der Waals surface area (Å²) in [6.45, 7) is 2.18. The number of fused-ring (bicyclic) bond motifs is 2. The van der Waals surface area contributed by atoms with Gasteiger partial charge in [-0.1, -0.05) is 25.1 Å². The van der Waals surface area contributed by atoms with E-state index in [1.807, 2.05) is 55.6 Å². The van der Waals surface area contributed by atoms with Gasteiger partial charge in [-0.05, 0) is 60.0 Å². The van der Waals surface area contributed by atoms with Gasteiger partial charge in [0.1, 0.15) is 11.6 Å². The molecule has 9 nitrogen and oxygen atoms in total. The second-order valence-corrected chi connectivity index (χ2v) is 8.64. The van der Waals surface area contributed by atoms with Crippen molar-refractivity contribution in [2.24, 2.45) is 4.99 Å². The van der Waals surface area contributed by atoms with Gasteiger partial charge in [-0.3, -0.25) is 9.79 Å². The van der Waals surface area contributed by atoms with Crippen molar-refractivity contribution in [1.29, 1.82) is 0 Å². The van der Waals surface area contributed by atoms with E-state index < -0.39 is 12.6 Å². The van der Waals surface area contributed by atoms with Crippen molar-refractivity contribution in [2.75, 3.05) is 17.2 Å². The summed E-state index contributed by atoms with van der Waals surface area (Å²) in [5.41, 5.74) is 5.10. The van der Waals surface area contributed by atoms with Crippen molar-refractivity contribution < 1.29 is 19.4 Å². The molecule has 0 saturated carbocycles. The van der Waals surface area contributed by atoms with Gasteiger partial charge in [-0.15, -0.1) is 0 Å². The molecule has 3 aromatic carbocycles. The molecule has 1 aliphatic heterocycles. The maximum atomic E-state index is 12.1. The topological polar surface area (TPSA) is 126 Å². The number of amides is 1. The summed E-state index contributed by atoms with van der Waals surface area (Å²) in [7, 11) is 0. The smallest absolute Gasteiger partial charge is 0.341 e. The number of carboxylic acid groups (broad SMARTS) is 1. The number of hydrogen-bond donors (Lipinski definition) is 3. The molecule has 1 aromatic heterocycles. The van der Waals surface area contributed by atoms with Crippen LogP contribution < -0.4 is 15.4 Å². The van der Waals surface area contributed by atoms with Crippen LogP contribution in [0.3, 0.4) is 0 Å². The third kappa shape index (κ3) is 5.56. The number of anilines is 3. The van der Waals surface area contributed by atoms with E-state index in [0.29, 0.717) is 46.9 Å². The second kappa shape index (κ2) is 10.4. The highest BCUT2D eigenvalue weighted by Gasteiger charge is 2.14. The van der Waals surface area contributed by atoms with Gasteiger partial charge in [-0.25, -0.2) is 14.8 Å². The molecule has 0 spiro atoms. The average molecular weight is 496 g/mol. The maximum Gasteiger partial charge on any atom is 0.341 e. The van der Waals surface area contributed by atoms with Crippen LogP contribution in [0.15, 0.2) is 65.7 Å². The van der Waals surface area contributed by atoms with Gasteiger partial charge in [0.05, 0.1) is 12.1 Å². The number of hydrogen-bond acceptors (Lipinski definition) is 7. The largest absolute Gasteiger partial charge is 0.482 e. The Balaban J connectivity index is 1.55. The molecule has 37 heavy (non-hydrogen) atoms. The first kappa shape index (κ1) is 23.9. The standard InChI is InChI=1S/C28H25N5O4/c1-2-4-25(34)30-20-6-3-5-17(11-20)27-32-24-10-9-22(37-16-26(35)36)13-23(24)28(33-27)31-21-8-7-18-14-29-15-19(18)12-21/h3,5-13,15H,2,4,14,16H2,1H3,(H,30,34)(H,35,36)(H,31,32,33). The molecule has 1 aliphatic rings. The summed E-state index contributed by atoms with van der Waals surface area (Å²) in [5, 5.41) is 16.0. The number of nitrogens with zero attached hydrogens (tertiary/aromatic N) is 3. The number of aliphatic imine (C=N–C) groups is 1. The SMILES string of the molecule is CCCC(=O)Nc1cccc(-c2nc(Nc3ccc4c(c3)C=NC4)c3cc(OCC(=O)O)ccc3n2)c1. The Morgan fingerprint density at radius 1 is 1.03 bits per heavy atom. The van der Waals surface area contributed by atoms with Crippen LogP contribution in [0.25, 0.3) is 22.3 Å². The lowest BCUT2D eigenvalue weighted by Crippen LogP contribution is -2.10. The Labute approximate surface area is 213 Å². The lowest BCUT2D eigenvalue weighted by molar-refractivity contribution is -0.139. The Kier molecular flexibility index (Phi) is 6.76. The third-order valence-electron chi connectivity index (χ3n) is 5.81. The minimum atomic E-state index is -1.06. The number of aliphatic carboxylic acids is 1. The number of rotatable bonds is 9. The quantitative estimate of drug-likeness (QED) is 0.292. The van der Waals surface area contributed by atoms with Crippen molar-refractivity contribution in [2.45, 2.75) is 26.3 Å². The maximum absolute atomic E-state index is 12.1. The Hall–Kier alpha value is -4.79. The summed E-state index contributed by atoms with van der Waals surface area (Å²) >= 11 is 0. The van der Waals surface area contributed by atoms with Crippen LogP contribution in [0.1, 0.15) is 30.9 Å². The van der Waals surface area contributed by atoms with Gasteiger partial charge >= 0.3 is 5.97 Å². The van der Waals surface area contributed by atoms with Gasteiger partial charge < -0.3 is 20.5 Å². The predicted molar refractivity (Wildman–Crippen MR) is 143 cm³/mol. The highest BCUT2D eigenvalue weighted by Crippen LogP contribution is 2.31. The van der Waals surface area contributed by atoms with Gasteiger partial charge in [-0.2, -0.15) is 0 Å². The molecule has 0 atom stereocenters. The summed E-state index contributed by atoms with van der Waals surface area (Å²) in [4.78, 5) is 36.9. The molecular weight excluding hydrogens is 470 g/mol. The van der Waals surface area contributed by atoms with E-state index in [1.54, 1.807) is 18.2 Å². The number of ether oxygens (including phenoxy) is 1. The van der Waals surface area contributed by atoms with Gasteiger partial charge in [0.15, 0.2) is 12.4 Å². The van der Waals surface area contributed by atoms with Crippen LogP contribution in [-0.4, -0.2) is 39.8 Å². The Morgan fingerprint density at radius 3 is 2.76 bits per heavy atom. The summed E-state index contributed by atoms with van der Waals surface area (Å²) in [6, 6.07) is 18.6. The fourth-order valence-electron chi connectivity index (χ4n) is 4.07. The zero-order chi connectivity index (χ0) is 25.8. The molecular formula is C28H25N5O4. The normalized spacial score (nSPS) is 11.8. The van der Waals surface area contributed by atoms with Crippen LogP contribution in [0.5, 0.6) is 5.75 Å². The monoisotopic (exact) mass is 495 g/mol. The van der Waals surface area contributed by atoms with E-state index >= 15 is 0 Å². The lowest BCUT2D eigenvalue weighted by Gasteiger charge is -2.14. The van der Waals surface area contributed by atoms with E-state index in [1.165, 1.54) is 0 Å². The number of carbonyl (C=O) groups is 2. The lowest BCUT2D eigenvalue weighted by atomic mass is 10.1. The van der Waals surface area contributed by atoms with Crippen molar-refractivity contribution in [3.8, 4) is 17.1 Å². The van der Waals surface area contributed by atoms with Crippen LogP contribution >= 0.6 is 0 Å². The van der Waals surface area contributed by atoms with Crippen LogP contribution in [0.2, 0.25) is 0 Å². The highest BCUT2D eigenvalue weighted by molar-refractivity contribution is 5.95. The van der Waals surface area contributed by atoms with Crippen molar-refractivity contribution >= 4 is 46.2 Å². The third-order valence-corrected chi connectivity index (χ3v) is 5.81. The summed E-state index contributed by atoms with van der Waals surface area (Å²) in [6.07, 6.45) is 3.06. The molecule has 0 saturated heterocycles. The number of carboxylic acids is 1. The number of nitrogens with one attached hydrogen (secondary N) is 2. The Bertz CT molecular complexity index is 1530. The summed E-state index contributed by atoms with van der Waals surface area (Å²) in [5.74, 6) is 0.307. The predicted octanol–water partition coefficient (Wildman–Crippen LogP) is 5.17. The molecule has 4 aromatic rings. The molecule has 1 amide bonds. The van der Waals surface area contributed by atoms with Crippen LogP contribution in [-0.2, 0) is 16.1 Å². The zero-order valence-corrected chi connectivity index (χ0v) is 20.2. The first-order valence-corrected chi connectivity index (χ1v) is 11.9. The number of benzene rings is 3. The second-order valence-electron chi connectivity index (χ2n) is 8.64. The summed E-state index contributed by atoms with van der Waals surface area (Å²) < 4.78 is 5.39. The van der Waals surface area contributed by atoms with E-state index in [-0.39, 0.29) is 5.91 Å². The highest BCUT2D eigenvalue weighted by atomic mass is 16.5. The zero-order valence-electron chi connectivity index (χ0n) is 20.2. The van der Waals surface area contributed by atoms with E-state index in [0.717, 1.165) is 28.8 Å². The first-order chi connectivity index (χ1) is 18.0. The van der Waals surface area contributed by atoms with Crippen molar-refractivity contribution in [3.05, 3.63) is 71.8 Å². The molecule has 5 rings (SSSR count). The molecule has 3 N–H and O–H groups in total. The van der Waals surface area contributed by atoms with Gasteiger partial charge in [0.2, 0.25) is 5.91 Å². The molecule has 0 aliphatic carbocycles.